The number of thiazole rings is 1. The lowest BCUT2D eigenvalue weighted by Crippen LogP contribution is -2.02. The smallest absolute Gasteiger partial charge is 0.213 e. The van der Waals surface area contributed by atoms with Gasteiger partial charge in [0.15, 0.2) is 0 Å². The second-order valence-electron chi connectivity index (χ2n) is 5.63. The van der Waals surface area contributed by atoms with Gasteiger partial charge < -0.3 is 10.1 Å². The van der Waals surface area contributed by atoms with E-state index < -0.39 is 0 Å². The van der Waals surface area contributed by atoms with Crippen LogP contribution in [0, 0.1) is 6.92 Å². The van der Waals surface area contributed by atoms with E-state index >= 15 is 0 Å². The molecule has 0 radical (unpaired) electrons. The molecule has 2 aromatic heterocycles. The van der Waals surface area contributed by atoms with Crippen LogP contribution in [0.2, 0.25) is 0 Å². The fraction of sp³-hybridized carbons (Fsp3) is 0.158. The van der Waals surface area contributed by atoms with Crippen LogP contribution in [0.4, 0.5) is 11.5 Å². The van der Waals surface area contributed by atoms with Gasteiger partial charge in [-0.05, 0) is 50.2 Å². The maximum Gasteiger partial charge on any atom is 0.213 e. The summed E-state index contributed by atoms with van der Waals surface area (Å²) in [4.78, 5) is 4.70. The molecular weight excluding hydrogens is 332 g/mol. The molecule has 4 rings (SSSR count). The molecule has 0 saturated heterocycles. The molecular formula is C19H18N4OS. The van der Waals surface area contributed by atoms with E-state index in [4.69, 9.17) is 9.72 Å². The number of hydrogen-bond acceptors (Lipinski definition) is 5. The highest BCUT2D eigenvalue weighted by molar-refractivity contribution is 7.20. The van der Waals surface area contributed by atoms with Crippen molar-refractivity contribution in [1.29, 1.82) is 0 Å². The first-order chi connectivity index (χ1) is 12.2. The number of nitrogens with zero attached hydrogens (tertiary/aromatic N) is 3. The van der Waals surface area contributed by atoms with Gasteiger partial charge in [-0.3, -0.25) is 0 Å². The Kier molecular flexibility index (Phi) is 4.11. The molecule has 0 aliphatic heterocycles. The van der Waals surface area contributed by atoms with Crippen molar-refractivity contribution in [3.05, 3.63) is 60.3 Å². The Morgan fingerprint density at radius 2 is 1.92 bits per heavy atom. The van der Waals surface area contributed by atoms with Crippen molar-refractivity contribution in [1.82, 2.24) is 14.8 Å². The lowest BCUT2D eigenvalue weighted by atomic mass is 10.3. The molecule has 0 fully saturated rings. The first kappa shape index (κ1) is 15.7. The molecule has 5 nitrogen and oxygen atoms in total. The second-order valence-corrected chi connectivity index (χ2v) is 6.64. The minimum Gasteiger partial charge on any atom is -0.494 e. The van der Waals surface area contributed by atoms with Crippen molar-refractivity contribution in [2.75, 3.05) is 11.9 Å². The molecule has 0 saturated carbocycles. The van der Waals surface area contributed by atoms with Gasteiger partial charge in [-0.25, -0.2) is 4.98 Å². The van der Waals surface area contributed by atoms with E-state index in [-0.39, 0.29) is 0 Å². The van der Waals surface area contributed by atoms with Crippen LogP contribution in [-0.4, -0.2) is 21.4 Å². The summed E-state index contributed by atoms with van der Waals surface area (Å²) < 4.78 is 8.50. The highest BCUT2D eigenvalue weighted by atomic mass is 32.1. The van der Waals surface area contributed by atoms with E-state index in [1.54, 1.807) is 11.3 Å². The Labute approximate surface area is 149 Å². The van der Waals surface area contributed by atoms with Crippen molar-refractivity contribution < 1.29 is 4.74 Å². The molecule has 0 unspecified atom stereocenters. The summed E-state index contributed by atoms with van der Waals surface area (Å²) in [5, 5.41) is 8.86. The third kappa shape index (κ3) is 3.21. The Morgan fingerprint density at radius 1 is 1.12 bits per heavy atom. The number of anilines is 2. The number of benzene rings is 2. The zero-order valence-electron chi connectivity index (χ0n) is 14.1. The summed E-state index contributed by atoms with van der Waals surface area (Å²) in [6, 6.07) is 18.0. The molecule has 4 aromatic rings. The van der Waals surface area contributed by atoms with E-state index in [9.17, 15) is 0 Å². The average molecular weight is 350 g/mol. The molecule has 0 aliphatic rings. The number of nitrogens with one attached hydrogen (secondary N) is 1. The van der Waals surface area contributed by atoms with Crippen LogP contribution in [0.25, 0.3) is 15.3 Å². The number of hydrogen-bond donors (Lipinski definition) is 1. The van der Waals surface area contributed by atoms with E-state index in [0.717, 1.165) is 38.3 Å². The molecule has 25 heavy (non-hydrogen) atoms. The molecule has 2 aromatic carbocycles. The van der Waals surface area contributed by atoms with Crippen molar-refractivity contribution >= 4 is 33.1 Å². The molecule has 126 valence electrons. The number of rotatable bonds is 5. The van der Waals surface area contributed by atoms with Crippen molar-refractivity contribution in [2.24, 2.45) is 0 Å². The van der Waals surface area contributed by atoms with E-state index in [1.807, 2.05) is 67.1 Å². The Hall–Kier alpha value is -2.86. The first-order valence-electron chi connectivity index (χ1n) is 8.15. The summed E-state index contributed by atoms with van der Waals surface area (Å²) in [6.07, 6.45) is 0. The molecule has 1 N–H and O–H groups in total. The summed E-state index contributed by atoms with van der Waals surface area (Å²) in [6.45, 7) is 4.62. The predicted molar refractivity (Wildman–Crippen MR) is 102 cm³/mol. The zero-order valence-corrected chi connectivity index (χ0v) is 14.9. The number of aryl methyl sites for hydroxylation is 1. The van der Waals surface area contributed by atoms with Crippen molar-refractivity contribution in [3.8, 4) is 10.9 Å². The lowest BCUT2D eigenvalue weighted by Gasteiger charge is -2.08. The van der Waals surface area contributed by atoms with Crippen molar-refractivity contribution in [2.45, 2.75) is 13.8 Å². The van der Waals surface area contributed by atoms with Crippen LogP contribution in [0.15, 0.2) is 54.6 Å². The topological polar surface area (TPSA) is 52.0 Å². The van der Waals surface area contributed by atoms with Gasteiger partial charge in [0.05, 0.1) is 22.5 Å². The van der Waals surface area contributed by atoms with Gasteiger partial charge in [-0.2, -0.15) is 9.78 Å². The number of para-hydroxylation sites is 1. The first-order valence-corrected chi connectivity index (χ1v) is 8.97. The van der Waals surface area contributed by atoms with Crippen LogP contribution in [0.1, 0.15) is 12.6 Å². The van der Waals surface area contributed by atoms with E-state index in [1.165, 1.54) is 0 Å². The SMILES string of the molecule is CCOc1ccc(Nc2cc(C)nn2-c2nc3ccccc3s2)cc1. The Balaban J connectivity index is 1.66. The van der Waals surface area contributed by atoms with E-state index in [0.29, 0.717) is 6.61 Å². The highest BCUT2D eigenvalue weighted by Crippen LogP contribution is 2.28. The molecule has 2 heterocycles. The third-order valence-corrected chi connectivity index (χ3v) is 4.74. The average Bonchev–Trinajstić information content (AvgIpc) is 3.20. The third-order valence-electron chi connectivity index (χ3n) is 3.73. The predicted octanol–water partition coefficient (Wildman–Crippen LogP) is 4.93. The Morgan fingerprint density at radius 3 is 2.68 bits per heavy atom. The maximum absolute atomic E-state index is 5.49. The molecule has 0 amide bonds. The number of ether oxygens (including phenoxy) is 1. The second kappa shape index (κ2) is 6.57. The van der Waals surface area contributed by atoms with Gasteiger partial charge in [0.25, 0.3) is 0 Å². The number of fused-ring (bicyclic) bond motifs is 1. The van der Waals surface area contributed by atoms with Gasteiger partial charge in [-0.15, -0.1) is 0 Å². The summed E-state index contributed by atoms with van der Waals surface area (Å²) in [7, 11) is 0. The van der Waals surface area contributed by atoms with Crippen molar-refractivity contribution in [3.63, 3.8) is 0 Å². The van der Waals surface area contributed by atoms with Gasteiger partial charge in [-0.1, -0.05) is 23.5 Å². The van der Waals surface area contributed by atoms with Gasteiger partial charge in [0, 0.05) is 11.8 Å². The molecule has 6 heteroatoms. The molecule has 0 bridgehead atoms. The summed E-state index contributed by atoms with van der Waals surface area (Å²) in [5.74, 6) is 1.75. The highest BCUT2D eigenvalue weighted by Gasteiger charge is 2.12. The Bertz CT molecular complexity index is 971. The van der Waals surface area contributed by atoms with Gasteiger partial charge >= 0.3 is 0 Å². The normalized spacial score (nSPS) is 11.0. The largest absolute Gasteiger partial charge is 0.494 e. The monoisotopic (exact) mass is 350 g/mol. The molecule has 0 aliphatic carbocycles. The standard InChI is InChI=1S/C19H18N4OS/c1-3-24-15-10-8-14(9-11-15)20-18-12-13(2)22-23(18)19-21-16-6-4-5-7-17(16)25-19/h4-12,20H,3H2,1-2H3. The molecule has 0 atom stereocenters. The lowest BCUT2D eigenvalue weighted by molar-refractivity contribution is 0.340. The van der Waals surface area contributed by atoms with Gasteiger partial charge in [0.2, 0.25) is 5.13 Å². The maximum atomic E-state index is 5.49. The van der Waals surface area contributed by atoms with Crippen LogP contribution in [-0.2, 0) is 0 Å². The number of aromatic nitrogens is 3. The van der Waals surface area contributed by atoms with Crippen LogP contribution < -0.4 is 10.1 Å². The van der Waals surface area contributed by atoms with Crippen LogP contribution in [0.3, 0.4) is 0 Å². The fourth-order valence-corrected chi connectivity index (χ4v) is 3.57. The summed E-state index contributed by atoms with van der Waals surface area (Å²) in [5.41, 5.74) is 2.90. The quantitative estimate of drug-likeness (QED) is 0.554. The van der Waals surface area contributed by atoms with Crippen LogP contribution >= 0.6 is 11.3 Å². The van der Waals surface area contributed by atoms with Gasteiger partial charge in [0.1, 0.15) is 11.6 Å². The summed E-state index contributed by atoms with van der Waals surface area (Å²) >= 11 is 1.63. The zero-order chi connectivity index (χ0) is 17.2. The fourth-order valence-electron chi connectivity index (χ4n) is 2.63. The molecule has 0 spiro atoms. The minimum absolute atomic E-state index is 0.663. The van der Waals surface area contributed by atoms with Crippen LogP contribution in [0.5, 0.6) is 5.75 Å². The van der Waals surface area contributed by atoms with E-state index in [2.05, 4.69) is 16.5 Å². The minimum atomic E-state index is 0.663.